The van der Waals surface area contributed by atoms with Gasteiger partial charge in [-0.1, -0.05) is 35.3 Å². The Morgan fingerprint density at radius 1 is 1.13 bits per heavy atom. The van der Waals surface area contributed by atoms with Crippen molar-refractivity contribution >= 4 is 35.1 Å². The number of halogens is 2. The summed E-state index contributed by atoms with van der Waals surface area (Å²) in [5, 5.41) is 10.0. The number of hydrogen-bond donors (Lipinski definition) is 1. The summed E-state index contributed by atoms with van der Waals surface area (Å²) >= 11 is 12.2. The Bertz CT molecular complexity index is 905. The predicted octanol–water partition coefficient (Wildman–Crippen LogP) is 3.73. The molecule has 1 fully saturated rings. The molecule has 1 aliphatic heterocycles. The summed E-state index contributed by atoms with van der Waals surface area (Å²) in [4.78, 5) is 27.6. The van der Waals surface area contributed by atoms with E-state index < -0.39 is 12.6 Å². The van der Waals surface area contributed by atoms with Crippen molar-refractivity contribution in [3.8, 4) is 5.75 Å². The van der Waals surface area contributed by atoms with Gasteiger partial charge in [-0.25, -0.2) is 4.79 Å². The van der Waals surface area contributed by atoms with Crippen LogP contribution < -0.4 is 4.74 Å². The number of benzene rings is 2. The topological polar surface area (TPSA) is 70.1 Å². The molecule has 0 radical (unpaired) electrons. The van der Waals surface area contributed by atoms with E-state index in [0.29, 0.717) is 35.3 Å². The van der Waals surface area contributed by atoms with Gasteiger partial charge >= 0.3 is 5.97 Å². The number of carbonyl (C=O) groups excluding carboxylic acids is 1. The van der Waals surface area contributed by atoms with E-state index in [1.54, 1.807) is 30.3 Å². The number of aliphatic carboxylic acids is 1. The Balaban J connectivity index is 1.57. The third kappa shape index (κ3) is 6.11. The minimum absolute atomic E-state index is 0.0729. The highest BCUT2D eigenvalue weighted by molar-refractivity contribution is 6.31. The molecule has 0 bridgehead atoms. The summed E-state index contributed by atoms with van der Waals surface area (Å²) in [6, 6.07) is 12.6. The molecule has 1 atom stereocenters. The molecular weight excluding hydrogens is 427 g/mol. The van der Waals surface area contributed by atoms with E-state index in [4.69, 9.17) is 33.0 Å². The minimum atomic E-state index is -1.03. The first-order valence-corrected chi connectivity index (χ1v) is 10.5. The lowest BCUT2D eigenvalue weighted by molar-refractivity contribution is -0.139. The van der Waals surface area contributed by atoms with E-state index in [9.17, 15) is 9.59 Å². The first-order valence-electron chi connectivity index (χ1n) is 9.71. The molecule has 0 saturated carbocycles. The molecule has 2 aromatic rings. The van der Waals surface area contributed by atoms with Gasteiger partial charge in [-0.3, -0.25) is 9.69 Å². The largest absolute Gasteiger partial charge is 0.482 e. The SMILES string of the molecule is C[C@H]1CN(Cc2cc(OCC(=O)O)ccc2Cl)CCN1C(=O)Cc1ccc(Cl)cc1. The van der Waals surface area contributed by atoms with E-state index in [-0.39, 0.29) is 11.9 Å². The number of amides is 1. The summed E-state index contributed by atoms with van der Waals surface area (Å²) < 4.78 is 5.25. The fraction of sp³-hybridized carbons (Fsp3) is 0.364. The van der Waals surface area contributed by atoms with Crippen LogP contribution in [0.1, 0.15) is 18.1 Å². The number of carbonyl (C=O) groups is 2. The first-order chi connectivity index (χ1) is 14.3. The highest BCUT2D eigenvalue weighted by Crippen LogP contribution is 2.25. The summed E-state index contributed by atoms with van der Waals surface area (Å²) in [6.45, 7) is 4.34. The van der Waals surface area contributed by atoms with Crippen LogP contribution in [0.15, 0.2) is 42.5 Å². The van der Waals surface area contributed by atoms with Crippen LogP contribution in [0.4, 0.5) is 0 Å². The number of carboxylic acid groups (broad SMARTS) is 1. The predicted molar refractivity (Wildman–Crippen MR) is 116 cm³/mol. The number of hydrogen-bond acceptors (Lipinski definition) is 4. The highest BCUT2D eigenvalue weighted by Gasteiger charge is 2.27. The van der Waals surface area contributed by atoms with Crippen molar-refractivity contribution in [2.24, 2.45) is 0 Å². The maximum atomic E-state index is 12.7. The van der Waals surface area contributed by atoms with E-state index in [2.05, 4.69) is 4.90 Å². The molecule has 0 unspecified atom stereocenters. The van der Waals surface area contributed by atoms with Crippen molar-refractivity contribution in [3.63, 3.8) is 0 Å². The maximum Gasteiger partial charge on any atom is 0.341 e. The number of ether oxygens (including phenoxy) is 1. The quantitative estimate of drug-likeness (QED) is 0.695. The van der Waals surface area contributed by atoms with Gasteiger partial charge in [0, 0.05) is 42.3 Å². The number of rotatable bonds is 7. The lowest BCUT2D eigenvalue weighted by atomic mass is 10.1. The second-order valence-corrected chi connectivity index (χ2v) is 8.25. The number of piperazine rings is 1. The molecule has 160 valence electrons. The van der Waals surface area contributed by atoms with Gasteiger partial charge < -0.3 is 14.7 Å². The molecule has 0 aromatic heterocycles. The van der Waals surface area contributed by atoms with Gasteiger partial charge in [-0.15, -0.1) is 0 Å². The molecule has 6 nitrogen and oxygen atoms in total. The number of carboxylic acids is 1. The Labute approximate surface area is 185 Å². The molecule has 8 heteroatoms. The molecule has 1 N–H and O–H groups in total. The van der Waals surface area contributed by atoms with Crippen molar-refractivity contribution in [2.75, 3.05) is 26.2 Å². The average Bonchev–Trinajstić information content (AvgIpc) is 2.70. The molecule has 2 aromatic carbocycles. The zero-order valence-corrected chi connectivity index (χ0v) is 18.2. The molecular formula is C22H24Cl2N2O4. The van der Waals surface area contributed by atoms with E-state index in [0.717, 1.165) is 24.2 Å². The smallest absolute Gasteiger partial charge is 0.341 e. The Hall–Kier alpha value is -2.28. The molecule has 1 saturated heterocycles. The van der Waals surface area contributed by atoms with Crippen molar-refractivity contribution in [2.45, 2.75) is 25.9 Å². The summed E-state index contributed by atoms with van der Waals surface area (Å²) in [7, 11) is 0. The molecule has 0 aliphatic carbocycles. The van der Waals surface area contributed by atoms with Gasteiger partial charge in [-0.05, 0) is 48.4 Å². The van der Waals surface area contributed by atoms with Crippen LogP contribution in [0.2, 0.25) is 10.0 Å². The van der Waals surface area contributed by atoms with Gasteiger partial charge in [0.05, 0.1) is 6.42 Å². The Kier molecular flexibility index (Phi) is 7.58. The van der Waals surface area contributed by atoms with Crippen LogP contribution in [-0.4, -0.2) is 59.1 Å². The molecule has 1 amide bonds. The van der Waals surface area contributed by atoms with Gasteiger partial charge in [0.1, 0.15) is 5.75 Å². The molecule has 1 aliphatic rings. The second kappa shape index (κ2) is 10.2. The zero-order chi connectivity index (χ0) is 21.7. The van der Waals surface area contributed by atoms with Crippen molar-refractivity contribution < 1.29 is 19.4 Å². The number of nitrogens with zero attached hydrogens (tertiary/aromatic N) is 2. The van der Waals surface area contributed by atoms with Gasteiger partial charge in [0.2, 0.25) is 5.91 Å². The monoisotopic (exact) mass is 450 g/mol. The van der Waals surface area contributed by atoms with Crippen molar-refractivity contribution in [1.82, 2.24) is 9.80 Å². The molecule has 1 heterocycles. The maximum absolute atomic E-state index is 12.7. The third-order valence-electron chi connectivity index (χ3n) is 5.07. The molecule has 0 spiro atoms. The van der Waals surface area contributed by atoms with Gasteiger partial charge in [0.25, 0.3) is 0 Å². The molecule has 3 rings (SSSR count). The van der Waals surface area contributed by atoms with E-state index >= 15 is 0 Å². The van der Waals surface area contributed by atoms with Crippen molar-refractivity contribution in [1.29, 1.82) is 0 Å². The Morgan fingerprint density at radius 3 is 2.53 bits per heavy atom. The van der Waals surface area contributed by atoms with E-state index in [1.807, 2.05) is 24.0 Å². The lowest BCUT2D eigenvalue weighted by Crippen LogP contribution is -2.54. The lowest BCUT2D eigenvalue weighted by Gasteiger charge is -2.40. The first kappa shape index (κ1) is 22.4. The third-order valence-corrected chi connectivity index (χ3v) is 5.69. The van der Waals surface area contributed by atoms with Crippen LogP contribution >= 0.6 is 23.2 Å². The van der Waals surface area contributed by atoms with Crippen LogP contribution in [0.25, 0.3) is 0 Å². The highest BCUT2D eigenvalue weighted by atomic mass is 35.5. The zero-order valence-electron chi connectivity index (χ0n) is 16.7. The summed E-state index contributed by atoms with van der Waals surface area (Å²) in [5.74, 6) is -0.451. The Morgan fingerprint density at radius 2 is 1.87 bits per heavy atom. The summed E-state index contributed by atoms with van der Waals surface area (Å²) in [6.07, 6.45) is 0.357. The fourth-order valence-electron chi connectivity index (χ4n) is 3.57. The van der Waals surface area contributed by atoms with Gasteiger partial charge in [-0.2, -0.15) is 0 Å². The minimum Gasteiger partial charge on any atom is -0.482 e. The molecule has 30 heavy (non-hydrogen) atoms. The standard InChI is InChI=1S/C22H24Cl2N2O4/c1-15-12-25(13-17-11-19(6-7-20(17)24)30-14-22(28)29)8-9-26(15)21(27)10-16-2-4-18(23)5-3-16/h2-7,11,15H,8-10,12-14H2,1H3,(H,28,29)/t15-/m0/s1. The average molecular weight is 451 g/mol. The van der Waals surface area contributed by atoms with Crippen LogP contribution in [0.3, 0.4) is 0 Å². The summed E-state index contributed by atoms with van der Waals surface area (Å²) in [5.41, 5.74) is 1.82. The van der Waals surface area contributed by atoms with Crippen molar-refractivity contribution in [3.05, 3.63) is 63.6 Å². The van der Waals surface area contributed by atoms with Gasteiger partial charge in [0.15, 0.2) is 6.61 Å². The second-order valence-electron chi connectivity index (χ2n) is 7.41. The van der Waals surface area contributed by atoms with Crippen LogP contribution in [-0.2, 0) is 22.6 Å². The fourth-order valence-corrected chi connectivity index (χ4v) is 3.88. The van der Waals surface area contributed by atoms with E-state index in [1.165, 1.54) is 0 Å². The normalized spacial score (nSPS) is 17.0. The van der Waals surface area contributed by atoms with Crippen LogP contribution in [0, 0.1) is 0 Å². The van der Waals surface area contributed by atoms with Crippen LogP contribution in [0.5, 0.6) is 5.75 Å².